The van der Waals surface area contributed by atoms with E-state index in [1.54, 1.807) is 0 Å². The van der Waals surface area contributed by atoms with Gasteiger partial charge in [-0.3, -0.25) is 9.59 Å². The van der Waals surface area contributed by atoms with Crippen LogP contribution in [0.4, 0.5) is 11.5 Å². The maximum Gasteiger partial charge on any atom is 0.237 e. The number of carbonyl (C=O) groups excluding carboxylic acids is 2. The van der Waals surface area contributed by atoms with Gasteiger partial charge in [0.25, 0.3) is 0 Å². The lowest BCUT2D eigenvalue weighted by atomic mass is 9.86. The number of hydrogen-bond donors (Lipinski definition) is 2. The van der Waals surface area contributed by atoms with Crippen molar-refractivity contribution in [3.8, 4) is 6.07 Å². The van der Waals surface area contributed by atoms with E-state index in [-0.39, 0.29) is 36.2 Å². The minimum Gasteiger partial charge on any atom is -0.367 e. The number of H-pyrrole nitrogens is 1. The Morgan fingerprint density at radius 3 is 2.81 bits per heavy atom. The quantitative estimate of drug-likeness (QED) is 0.858. The van der Waals surface area contributed by atoms with Crippen molar-refractivity contribution in [3.05, 3.63) is 18.3 Å². The summed E-state index contributed by atoms with van der Waals surface area (Å²) in [6, 6.07) is 6.17. The fourth-order valence-corrected chi connectivity index (χ4v) is 4.29. The summed E-state index contributed by atoms with van der Waals surface area (Å²) in [7, 11) is 0. The molecule has 1 aliphatic carbocycles. The molecule has 8 heteroatoms. The molecule has 2 bridgehead atoms. The second kappa shape index (κ2) is 5.98. The van der Waals surface area contributed by atoms with E-state index in [9.17, 15) is 9.59 Å². The molecule has 27 heavy (non-hydrogen) atoms. The van der Waals surface area contributed by atoms with Gasteiger partial charge in [0.2, 0.25) is 11.8 Å². The minimum absolute atomic E-state index is 0.0362. The molecule has 2 N–H and O–H groups in total. The Bertz CT molecular complexity index is 960. The predicted octanol–water partition coefficient (Wildman–Crippen LogP) is 1.61. The number of nitrogens with one attached hydrogen (secondary N) is 2. The largest absolute Gasteiger partial charge is 0.367 e. The van der Waals surface area contributed by atoms with Crippen molar-refractivity contribution >= 4 is 34.4 Å². The first kappa shape index (κ1) is 16.1. The molecule has 1 saturated carbocycles. The summed E-state index contributed by atoms with van der Waals surface area (Å²) in [6.45, 7) is 1.46. The first-order valence-corrected chi connectivity index (χ1v) is 9.36. The van der Waals surface area contributed by atoms with E-state index in [4.69, 9.17) is 5.26 Å². The van der Waals surface area contributed by atoms with E-state index in [0.717, 1.165) is 49.1 Å². The van der Waals surface area contributed by atoms with Crippen molar-refractivity contribution in [1.29, 1.82) is 5.26 Å². The Labute approximate surface area is 156 Å². The number of aromatic nitrogens is 2. The summed E-state index contributed by atoms with van der Waals surface area (Å²) in [5.74, 6) is 0.650. The lowest BCUT2D eigenvalue weighted by Crippen LogP contribution is -2.70. The normalized spacial score (nSPS) is 23.7. The standard InChI is InChI=1S/C19H20N6O2/c20-5-3-17(26)25-12-7-13(25)10-24(9-12)15-8-16(23-19(27)11-1-2-11)22-18-14(15)4-6-21-18/h4,6,8,11-13H,1-3,7,9-10H2,(H2,21,22,23,27). The summed E-state index contributed by atoms with van der Waals surface area (Å²) < 4.78 is 0. The molecule has 5 heterocycles. The fraction of sp³-hybridized carbons (Fsp3) is 0.474. The summed E-state index contributed by atoms with van der Waals surface area (Å²) in [5.41, 5.74) is 1.77. The molecule has 4 fully saturated rings. The van der Waals surface area contributed by atoms with E-state index in [1.807, 2.05) is 29.3 Å². The number of piperidine rings is 1. The zero-order valence-corrected chi connectivity index (χ0v) is 14.8. The van der Waals surface area contributed by atoms with E-state index in [0.29, 0.717) is 5.82 Å². The van der Waals surface area contributed by atoms with Gasteiger partial charge in [-0.2, -0.15) is 5.26 Å². The molecule has 4 aliphatic rings. The van der Waals surface area contributed by atoms with Crippen molar-refractivity contribution in [1.82, 2.24) is 14.9 Å². The van der Waals surface area contributed by atoms with Crippen molar-refractivity contribution < 1.29 is 9.59 Å². The number of nitriles is 1. The zero-order valence-electron chi connectivity index (χ0n) is 14.8. The number of piperazine rings is 1. The third-order valence-electron chi connectivity index (χ3n) is 5.76. The number of fused-ring (bicyclic) bond motifs is 3. The first-order chi connectivity index (χ1) is 13.1. The van der Waals surface area contributed by atoms with Crippen LogP contribution in [0.25, 0.3) is 11.0 Å². The molecule has 2 amide bonds. The summed E-state index contributed by atoms with van der Waals surface area (Å²) in [5, 5.41) is 12.7. The van der Waals surface area contributed by atoms with E-state index in [1.165, 1.54) is 0 Å². The van der Waals surface area contributed by atoms with Gasteiger partial charge in [0, 0.05) is 36.7 Å². The van der Waals surface area contributed by atoms with Gasteiger partial charge in [-0.1, -0.05) is 0 Å². The molecule has 2 atom stereocenters. The predicted molar refractivity (Wildman–Crippen MR) is 98.9 cm³/mol. The van der Waals surface area contributed by atoms with Gasteiger partial charge in [0.1, 0.15) is 17.9 Å². The Kier molecular flexibility index (Phi) is 3.57. The van der Waals surface area contributed by atoms with Gasteiger partial charge in [0.05, 0.1) is 23.8 Å². The molecule has 6 rings (SSSR count). The van der Waals surface area contributed by atoms with Crippen molar-refractivity contribution in [2.75, 3.05) is 23.3 Å². The van der Waals surface area contributed by atoms with Crippen LogP contribution in [-0.2, 0) is 9.59 Å². The smallest absolute Gasteiger partial charge is 0.237 e. The minimum atomic E-state index is -0.0719. The van der Waals surface area contributed by atoms with Crippen LogP contribution in [0.3, 0.4) is 0 Å². The van der Waals surface area contributed by atoms with Crippen molar-refractivity contribution in [3.63, 3.8) is 0 Å². The van der Waals surface area contributed by atoms with Gasteiger partial charge in [-0.05, 0) is 25.3 Å². The molecule has 8 nitrogen and oxygen atoms in total. The monoisotopic (exact) mass is 364 g/mol. The Balaban J connectivity index is 1.40. The molecule has 0 spiro atoms. The van der Waals surface area contributed by atoms with Crippen LogP contribution < -0.4 is 10.2 Å². The number of rotatable bonds is 4. The van der Waals surface area contributed by atoms with Crippen LogP contribution >= 0.6 is 0 Å². The highest BCUT2D eigenvalue weighted by molar-refractivity contribution is 5.97. The lowest BCUT2D eigenvalue weighted by Gasteiger charge is -2.56. The number of aromatic amines is 1. The van der Waals surface area contributed by atoms with Crippen LogP contribution in [0.15, 0.2) is 18.3 Å². The van der Waals surface area contributed by atoms with E-state index in [2.05, 4.69) is 20.2 Å². The highest BCUT2D eigenvalue weighted by Gasteiger charge is 2.47. The number of pyridine rings is 1. The fourth-order valence-electron chi connectivity index (χ4n) is 4.29. The molecule has 3 saturated heterocycles. The molecule has 138 valence electrons. The van der Waals surface area contributed by atoms with Gasteiger partial charge in [-0.15, -0.1) is 0 Å². The number of anilines is 2. The summed E-state index contributed by atoms with van der Waals surface area (Å²) in [4.78, 5) is 36.0. The van der Waals surface area contributed by atoms with E-state index >= 15 is 0 Å². The molecule has 2 unspecified atom stereocenters. The van der Waals surface area contributed by atoms with Crippen molar-refractivity contribution in [2.24, 2.45) is 5.92 Å². The SMILES string of the molecule is N#CCC(=O)N1C2CC1CN(c1cc(NC(=O)C3CC3)nc3[nH]ccc13)C2. The summed E-state index contributed by atoms with van der Waals surface area (Å²) >= 11 is 0. The maximum atomic E-state index is 12.1. The molecular weight excluding hydrogens is 344 g/mol. The molecule has 0 radical (unpaired) electrons. The Morgan fingerprint density at radius 1 is 1.33 bits per heavy atom. The number of nitrogens with zero attached hydrogens (tertiary/aromatic N) is 4. The third-order valence-corrected chi connectivity index (χ3v) is 5.76. The van der Waals surface area contributed by atoms with Gasteiger partial charge < -0.3 is 20.1 Å². The molecule has 0 aromatic carbocycles. The lowest BCUT2D eigenvalue weighted by molar-refractivity contribution is -0.144. The van der Waals surface area contributed by atoms with Crippen molar-refractivity contribution in [2.45, 2.75) is 37.8 Å². The maximum absolute atomic E-state index is 12.1. The van der Waals surface area contributed by atoms with Crippen LogP contribution in [0.1, 0.15) is 25.7 Å². The van der Waals surface area contributed by atoms with Gasteiger partial charge in [-0.25, -0.2) is 4.98 Å². The number of hydrogen-bond acceptors (Lipinski definition) is 5. The number of carbonyl (C=O) groups is 2. The second-order valence-corrected chi connectivity index (χ2v) is 7.61. The van der Waals surface area contributed by atoms with Gasteiger partial charge in [0.15, 0.2) is 0 Å². The summed E-state index contributed by atoms with van der Waals surface area (Å²) in [6.07, 6.45) is 4.68. The Hall–Kier alpha value is -3.08. The topological polar surface area (TPSA) is 105 Å². The van der Waals surface area contributed by atoms with E-state index < -0.39 is 0 Å². The highest BCUT2D eigenvalue weighted by atomic mass is 16.2. The Morgan fingerprint density at radius 2 is 2.11 bits per heavy atom. The van der Waals surface area contributed by atoms with Gasteiger partial charge >= 0.3 is 0 Å². The zero-order chi connectivity index (χ0) is 18.5. The first-order valence-electron chi connectivity index (χ1n) is 9.36. The average molecular weight is 364 g/mol. The average Bonchev–Trinajstić information content (AvgIpc) is 3.39. The molecular formula is C19H20N6O2. The molecule has 2 aromatic rings. The van der Waals surface area contributed by atoms with Crippen LogP contribution in [0.2, 0.25) is 0 Å². The molecule has 3 aliphatic heterocycles. The molecule has 2 aromatic heterocycles. The number of amides is 2. The van der Waals surface area contributed by atoms with Crippen LogP contribution in [-0.4, -0.2) is 51.9 Å². The second-order valence-electron chi connectivity index (χ2n) is 7.61. The third kappa shape index (κ3) is 2.70. The van der Waals surface area contributed by atoms with Crippen LogP contribution in [0.5, 0.6) is 0 Å². The van der Waals surface area contributed by atoms with Crippen LogP contribution in [0, 0.1) is 17.2 Å². The highest BCUT2D eigenvalue weighted by Crippen LogP contribution is 2.38.